The molecule has 0 radical (unpaired) electrons. The smallest absolute Gasteiger partial charge is 0.0254 e. The predicted molar refractivity (Wildman–Crippen MR) is 86.4 cm³/mol. The first-order chi connectivity index (χ1) is 8.11. The van der Waals surface area contributed by atoms with E-state index in [9.17, 15) is 0 Å². The van der Waals surface area contributed by atoms with Crippen LogP contribution in [0.15, 0.2) is 40.9 Å². The molecule has 0 spiro atoms. The van der Waals surface area contributed by atoms with Crippen LogP contribution in [0.3, 0.4) is 0 Å². The van der Waals surface area contributed by atoms with E-state index in [0.717, 1.165) is 10.9 Å². The van der Waals surface area contributed by atoms with Gasteiger partial charge < -0.3 is 0 Å². The van der Waals surface area contributed by atoms with Crippen molar-refractivity contribution >= 4 is 38.5 Å². The summed E-state index contributed by atoms with van der Waals surface area (Å²) in [7, 11) is 0. The number of halogens is 2. The first-order valence-corrected chi connectivity index (χ1v) is 7.54. The molecule has 17 heavy (non-hydrogen) atoms. The number of hydrogen-bond acceptors (Lipinski definition) is 0. The first-order valence-electron chi connectivity index (χ1n) is 5.66. The van der Waals surface area contributed by atoms with Crippen LogP contribution in [-0.2, 0) is 6.42 Å². The van der Waals surface area contributed by atoms with Gasteiger partial charge in [-0.15, -0.1) is 0 Å². The van der Waals surface area contributed by atoms with Gasteiger partial charge in [-0.1, -0.05) is 52.7 Å². The van der Waals surface area contributed by atoms with Crippen LogP contribution in [0.1, 0.15) is 18.1 Å². The molecule has 88 valence electrons. The highest BCUT2D eigenvalue weighted by Crippen LogP contribution is 2.33. The van der Waals surface area contributed by atoms with Crippen LogP contribution in [0.25, 0.3) is 11.1 Å². The van der Waals surface area contributed by atoms with E-state index in [1.54, 1.807) is 0 Å². The molecule has 0 fully saturated rings. The third kappa shape index (κ3) is 2.91. The minimum Gasteiger partial charge on any atom is -0.0613 e. The molecule has 2 heteroatoms. The van der Waals surface area contributed by atoms with Crippen molar-refractivity contribution in [1.29, 1.82) is 0 Å². The summed E-state index contributed by atoms with van der Waals surface area (Å²) in [5.41, 5.74) is 5.28. The van der Waals surface area contributed by atoms with Gasteiger partial charge >= 0.3 is 0 Å². The van der Waals surface area contributed by atoms with Crippen molar-refractivity contribution in [3.63, 3.8) is 0 Å². The van der Waals surface area contributed by atoms with Crippen molar-refractivity contribution in [2.45, 2.75) is 20.3 Å². The van der Waals surface area contributed by atoms with Crippen molar-refractivity contribution in [3.05, 3.63) is 55.6 Å². The van der Waals surface area contributed by atoms with Crippen molar-refractivity contribution in [3.8, 4) is 11.1 Å². The lowest BCUT2D eigenvalue weighted by Crippen LogP contribution is -1.89. The lowest BCUT2D eigenvalue weighted by Gasteiger charge is -2.10. The molecule has 0 saturated carbocycles. The minimum absolute atomic E-state index is 1.08. The summed E-state index contributed by atoms with van der Waals surface area (Å²) in [6.45, 7) is 4.32. The van der Waals surface area contributed by atoms with Gasteiger partial charge in [0.1, 0.15) is 0 Å². The molecule has 0 saturated heterocycles. The van der Waals surface area contributed by atoms with Crippen LogP contribution in [0.2, 0.25) is 0 Å². The van der Waals surface area contributed by atoms with Crippen LogP contribution in [0.4, 0.5) is 0 Å². The minimum atomic E-state index is 1.08. The number of aryl methyl sites for hydroxylation is 2. The quantitative estimate of drug-likeness (QED) is 0.576. The first kappa shape index (κ1) is 13.1. The molecule has 2 aromatic carbocycles. The molecule has 2 rings (SSSR count). The molecule has 0 aromatic heterocycles. The van der Waals surface area contributed by atoms with E-state index >= 15 is 0 Å². The maximum atomic E-state index is 3.64. The molecule has 0 unspecified atom stereocenters. The summed E-state index contributed by atoms with van der Waals surface area (Å²) in [6, 6.07) is 13.2. The third-order valence-corrected chi connectivity index (χ3v) is 4.48. The maximum absolute atomic E-state index is 3.64. The zero-order chi connectivity index (χ0) is 12.4. The lowest BCUT2D eigenvalue weighted by molar-refractivity contribution is 1.14. The Morgan fingerprint density at radius 2 is 1.82 bits per heavy atom. The van der Waals surface area contributed by atoms with E-state index in [-0.39, 0.29) is 0 Å². The largest absolute Gasteiger partial charge is 0.0613 e. The van der Waals surface area contributed by atoms with Gasteiger partial charge in [-0.05, 0) is 64.8 Å². The Bertz CT molecular complexity index is 547. The second kappa shape index (κ2) is 5.53. The molecule has 0 amide bonds. The van der Waals surface area contributed by atoms with E-state index < -0.39 is 0 Å². The van der Waals surface area contributed by atoms with E-state index in [2.05, 4.69) is 88.8 Å². The van der Waals surface area contributed by atoms with Gasteiger partial charge in [0.15, 0.2) is 0 Å². The van der Waals surface area contributed by atoms with Crippen LogP contribution in [0, 0.1) is 10.5 Å². The zero-order valence-electron chi connectivity index (χ0n) is 9.93. The highest BCUT2D eigenvalue weighted by Gasteiger charge is 2.08. The summed E-state index contributed by atoms with van der Waals surface area (Å²) in [4.78, 5) is 0. The fourth-order valence-corrected chi connectivity index (χ4v) is 2.93. The third-order valence-electron chi connectivity index (χ3n) is 2.85. The Morgan fingerprint density at radius 1 is 1.06 bits per heavy atom. The fraction of sp³-hybridized carbons (Fsp3) is 0.200. The Morgan fingerprint density at radius 3 is 2.53 bits per heavy atom. The summed E-state index contributed by atoms with van der Waals surface area (Å²) < 4.78 is 2.46. The van der Waals surface area contributed by atoms with Gasteiger partial charge in [-0.25, -0.2) is 0 Å². The molecule has 0 heterocycles. The van der Waals surface area contributed by atoms with E-state index in [1.807, 2.05) is 0 Å². The molecule has 0 aliphatic heterocycles. The second-order valence-electron chi connectivity index (χ2n) is 4.15. The zero-order valence-corrected chi connectivity index (χ0v) is 13.7. The van der Waals surface area contributed by atoms with Crippen LogP contribution >= 0.6 is 38.5 Å². The van der Waals surface area contributed by atoms with Gasteiger partial charge in [-0.2, -0.15) is 0 Å². The van der Waals surface area contributed by atoms with E-state index in [4.69, 9.17) is 0 Å². The van der Waals surface area contributed by atoms with Crippen LogP contribution in [0.5, 0.6) is 0 Å². The molecular formula is C15H14BrI. The molecule has 0 nitrogen and oxygen atoms in total. The Kier molecular flexibility index (Phi) is 4.26. The Hall–Kier alpha value is -0.350. The summed E-state index contributed by atoms with van der Waals surface area (Å²) in [5, 5.41) is 0. The van der Waals surface area contributed by atoms with Gasteiger partial charge in [0.2, 0.25) is 0 Å². The fourth-order valence-electron chi connectivity index (χ4n) is 1.84. The molecule has 0 bridgehead atoms. The van der Waals surface area contributed by atoms with Gasteiger partial charge in [0.25, 0.3) is 0 Å². The average molecular weight is 401 g/mol. The number of benzene rings is 2. The Labute approximate surface area is 125 Å². The topological polar surface area (TPSA) is 0 Å². The molecule has 0 aliphatic carbocycles. The van der Waals surface area contributed by atoms with Crippen molar-refractivity contribution < 1.29 is 0 Å². The number of rotatable bonds is 2. The molecule has 2 aromatic rings. The van der Waals surface area contributed by atoms with Gasteiger partial charge in [0.05, 0.1) is 0 Å². The summed E-state index contributed by atoms with van der Waals surface area (Å²) in [6.07, 6.45) is 1.08. The van der Waals surface area contributed by atoms with Crippen molar-refractivity contribution in [1.82, 2.24) is 0 Å². The van der Waals surface area contributed by atoms with Crippen molar-refractivity contribution in [2.75, 3.05) is 0 Å². The molecule has 0 N–H and O–H groups in total. The molecule has 0 atom stereocenters. The predicted octanol–water partition coefficient (Wildman–Crippen LogP) is 5.59. The monoisotopic (exact) mass is 400 g/mol. The van der Waals surface area contributed by atoms with Gasteiger partial charge in [0, 0.05) is 8.04 Å². The van der Waals surface area contributed by atoms with Crippen molar-refractivity contribution in [2.24, 2.45) is 0 Å². The second-order valence-corrected chi connectivity index (χ2v) is 6.17. The molecule has 0 aliphatic rings. The summed E-state index contributed by atoms with van der Waals surface area (Å²) >= 11 is 6.05. The molecular weight excluding hydrogens is 387 g/mol. The number of hydrogen-bond donors (Lipinski definition) is 0. The van der Waals surface area contributed by atoms with E-state index in [0.29, 0.717) is 0 Å². The van der Waals surface area contributed by atoms with Crippen LogP contribution in [-0.4, -0.2) is 0 Å². The lowest BCUT2D eigenvalue weighted by atomic mass is 10.0. The SMILES string of the molecule is CCc1ccc(I)c(-c2cc(C)ccc2Br)c1. The van der Waals surface area contributed by atoms with Gasteiger partial charge in [-0.3, -0.25) is 0 Å². The average Bonchev–Trinajstić information content (AvgIpc) is 2.33. The Balaban J connectivity index is 2.62. The van der Waals surface area contributed by atoms with Crippen LogP contribution < -0.4 is 0 Å². The highest BCUT2D eigenvalue weighted by atomic mass is 127. The standard InChI is InChI=1S/C15H14BrI/c1-3-11-5-7-15(17)13(9-11)12-8-10(2)4-6-14(12)16/h4-9H,3H2,1-2H3. The summed E-state index contributed by atoms with van der Waals surface area (Å²) in [5.74, 6) is 0. The van der Waals surface area contributed by atoms with E-state index in [1.165, 1.54) is 25.8 Å². The highest BCUT2D eigenvalue weighted by molar-refractivity contribution is 14.1. The maximum Gasteiger partial charge on any atom is 0.0254 e. The normalized spacial score (nSPS) is 10.6.